The van der Waals surface area contributed by atoms with Gasteiger partial charge in [0.05, 0.1) is 11.3 Å². The van der Waals surface area contributed by atoms with Crippen molar-refractivity contribution in [3.63, 3.8) is 0 Å². The normalized spacial score (nSPS) is 18.6. The van der Waals surface area contributed by atoms with Gasteiger partial charge < -0.3 is 14.8 Å². The van der Waals surface area contributed by atoms with E-state index in [0.717, 1.165) is 32.1 Å². The summed E-state index contributed by atoms with van der Waals surface area (Å²) in [6, 6.07) is 0. The van der Waals surface area contributed by atoms with Crippen LogP contribution in [0.2, 0.25) is 0 Å². The Morgan fingerprint density at radius 3 is 2.61 bits per heavy atom. The summed E-state index contributed by atoms with van der Waals surface area (Å²) >= 11 is 0. The molecule has 1 aromatic rings. The molecule has 18 heavy (non-hydrogen) atoms. The Balaban J connectivity index is 1.94. The second-order valence-corrected chi connectivity index (χ2v) is 5.12. The lowest BCUT2D eigenvalue weighted by Gasteiger charge is -2.31. The van der Waals surface area contributed by atoms with E-state index < -0.39 is 5.60 Å². The Labute approximate surface area is 107 Å². The minimum absolute atomic E-state index is 0.243. The van der Waals surface area contributed by atoms with E-state index in [1.807, 2.05) is 0 Å². The van der Waals surface area contributed by atoms with Crippen molar-refractivity contribution >= 4 is 5.91 Å². The molecule has 1 aliphatic carbocycles. The van der Waals surface area contributed by atoms with Crippen LogP contribution in [0, 0.1) is 13.8 Å². The van der Waals surface area contributed by atoms with Gasteiger partial charge >= 0.3 is 0 Å². The van der Waals surface area contributed by atoms with E-state index in [-0.39, 0.29) is 18.2 Å². The summed E-state index contributed by atoms with van der Waals surface area (Å²) in [7, 11) is 0. The molecule has 1 aromatic heterocycles. The van der Waals surface area contributed by atoms with Crippen LogP contribution in [0.15, 0.2) is 4.42 Å². The SMILES string of the molecule is Cc1nc(C)c(C(=O)NCC2(O)CCCCC2)o1. The van der Waals surface area contributed by atoms with Crippen LogP contribution < -0.4 is 5.32 Å². The number of hydrogen-bond donors (Lipinski definition) is 2. The second-order valence-electron chi connectivity index (χ2n) is 5.12. The largest absolute Gasteiger partial charge is 0.436 e. The number of nitrogens with zero attached hydrogens (tertiary/aromatic N) is 1. The van der Waals surface area contributed by atoms with Gasteiger partial charge in [0, 0.05) is 13.5 Å². The molecule has 1 aliphatic rings. The summed E-state index contributed by atoms with van der Waals surface area (Å²) in [5.74, 6) is 0.424. The van der Waals surface area contributed by atoms with Crippen molar-refractivity contribution in [1.82, 2.24) is 10.3 Å². The molecule has 0 spiro atoms. The fraction of sp³-hybridized carbons (Fsp3) is 0.692. The van der Waals surface area contributed by atoms with Crippen LogP contribution in [0.5, 0.6) is 0 Å². The fourth-order valence-electron chi connectivity index (χ4n) is 2.45. The quantitative estimate of drug-likeness (QED) is 0.858. The lowest BCUT2D eigenvalue weighted by molar-refractivity contribution is 0.00501. The van der Waals surface area contributed by atoms with Crippen molar-refractivity contribution in [2.75, 3.05) is 6.54 Å². The van der Waals surface area contributed by atoms with Crippen LogP contribution in [-0.4, -0.2) is 28.1 Å². The molecule has 0 aliphatic heterocycles. The molecule has 5 nitrogen and oxygen atoms in total. The predicted molar refractivity (Wildman–Crippen MR) is 66.3 cm³/mol. The summed E-state index contributed by atoms with van der Waals surface area (Å²) in [5.41, 5.74) is -0.169. The maximum atomic E-state index is 11.9. The molecule has 0 unspecified atom stereocenters. The average Bonchev–Trinajstić information content (AvgIpc) is 2.67. The fourth-order valence-corrected chi connectivity index (χ4v) is 2.45. The first-order chi connectivity index (χ1) is 8.50. The van der Waals surface area contributed by atoms with Crippen molar-refractivity contribution in [1.29, 1.82) is 0 Å². The van der Waals surface area contributed by atoms with Crippen LogP contribution >= 0.6 is 0 Å². The summed E-state index contributed by atoms with van der Waals surface area (Å²) in [6.07, 6.45) is 4.71. The van der Waals surface area contributed by atoms with Gasteiger partial charge in [-0.3, -0.25) is 4.79 Å². The highest BCUT2D eigenvalue weighted by Crippen LogP contribution is 2.27. The van der Waals surface area contributed by atoms with Gasteiger partial charge in [-0.1, -0.05) is 19.3 Å². The topological polar surface area (TPSA) is 75.4 Å². The average molecular weight is 252 g/mol. The first-order valence-electron chi connectivity index (χ1n) is 6.45. The van der Waals surface area contributed by atoms with E-state index in [4.69, 9.17) is 4.42 Å². The third-order valence-electron chi connectivity index (χ3n) is 3.47. The van der Waals surface area contributed by atoms with Gasteiger partial charge in [-0.25, -0.2) is 4.98 Å². The minimum Gasteiger partial charge on any atom is -0.436 e. The maximum Gasteiger partial charge on any atom is 0.289 e. The van der Waals surface area contributed by atoms with Crippen LogP contribution in [0.4, 0.5) is 0 Å². The third-order valence-corrected chi connectivity index (χ3v) is 3.47. The van der Waals surface area contributed by atoms with E-state index in [9.17, 15) is 9.90 Å². The van der Waals surface area contributed by atoms with E-state index in [1.165, 1.54) is 0 Å². The van der Waals surface area contributed by atoms with Crippen molar-refractivity contribution in [3.8, 4) is 0 Å². The van der Waals surface area contributed by atoms with Gasteiger partial charge in [0.2, 0.25) is 5.76 Å². The van der Waals surface area contributed by atoms with Crippen LogP contribution in [0.25, 0.3) is 0 Å². The lowest BCUT2D eigenvalue weighted by atomic mass is 9.85. The van der Waals surface area contributed by atoms with Gasteiger partial charge in [0.15, 0.2) is 5.89 Å². The highest BCUT2D eigenvalue weighted by Gasteiger charge is 2.30. The monoisotopic (exact) mass is 252 g/mol. The number of carbonyl (C=O) groups excluding carboxylic acids is 1. The molecule has 0 atom stereocenters. The Hall–Kier alpha value is -1.36. The molecule has 0 radical (unpaired) electrons. The molecule has 0 bridgehead atoms. The number of carbonyl (C=O) groups is 1. The first kappa shape index (κ1) is 13.1. The molecule has 1 heterocycles. The zero-order chi connectivity index (χ0) is 13.2. The number of hydrogen-bond acceptors (Lipinski definition) is 4. The van der Waals surface area contributed by atoms with Gasteiger partial charge in [0.1, 0.15) is 0 Å². The predicted octanol–water partition coefficient (Wildman–Crippen LogP) is 1.72. The number of aryl methyl sites for hydroxylation is 2. The highest BCUT2D eigenvalue weighted by atomic mass is 16.4. The van der Waals surface area contributed by atoms with Crippen molar-refractivity contribution < 1.29 is 14.3 Å². The molecular weight excluding hydrogens is 232 g/mol. The number of rotatable bonds is 3. The van der Waals surface area contributed by atoms with Crippen molar-refractivity contribution in [3.05, 3.63) is 17.3 Å². The Kier molecular flexibility index (Phi) is 3.71. The van der Waals surface area contributed by atoms with E-state index >= 15 is 0 Å². The first-order valence-corrected chi connectivity index (χ1v) is 6.45. The number of amides is 1. The Morgan fingerprint density at radius 1 is 1.39 bits per heavy atom. The van der Waals surface area contributed by atoms with Gasteiger partial charge in [-0.05, 0) is 19.8 Å². The molecule has 2 rings (SSSR count). The van der Waals surface area contributed by atoms with E-state index in [1.54, 1.807) is 13.8 Å². The number of nitrogens with one attached hydrogen (secondary N) is 1. The molecule has 100 valence electrons. The third kappa shape index (κ3) is 2.90. The Morgan fingerprint density at radius 2 is 2.06 bits per heavy atom. The van der Waals surface area contributed by atoms with Gasteiger partial charge in [-0.15, -0.1) is 0 Å². The molecule has 5 heteroatoms. The summed E-state index contributed by atoms with van der Waals surface area (Å²) in [4.78, 5) is 16.0. The van der Waals surface area contributed by atoms with Crippen LogP contribution in [-0.2, 0) is 0 Å². The summed E-state index contributed by atoms with van der Waals surface area (Å²) < 4.78 is 5.24. The summed E-state index contributed by atoms with van der Waals surface area (Å²) in [6.45, 7) is 3.73. The highest BCUT2D eigenvalue weighted by molar-refractivity contribution is 5.92. The van der Waals surface area contributed by atoms with Crippen LogP contribution in [0.1, 0.15) is 54.2 Å². The second kappa shape index (κ2) is 5.10. The molecule has 1 saturated carbocycles. The van der Waals surface area contributed by atoms with Gasteiger partial charge in [-0.2, -0.15) is 0 Å². The minimum atomic E-state index is -0.753. The lowest BCUT2D eigenvalue weighted by Crippen LogP contribution is -2.44. The molecule has 0 saturated heterocycles. The zero-order valence-corrected chi connectivity index (χ0v) is 11.0. The molecule has 2 N–H and O–H groups in total. The number of oxazole rings is 1. The molecule has 1 fully saturated rings. The summed E-state index contributed by atoms with van der Waals surface area (Å²) in [5, 5.41) is 13.0. The molecule has 0 aromatic carbocycles. The van der Waals surface area contributed by atoms with E-state index in [2.05, 4.69) is 10.3 Å². The zero-order valence-electron chi connectivity index (χ0n) is 11.0. The Bertz CT molecular complexity index is 433. The van der Waals surface area contributed by atoms with Crippen molar-refractivity contribution in [2.45, 2.75) is 51.6 Å². The van der Waals surface area contributed by atoms with E-state index in [0.29, 0.717) is 11.6 Å². The maximum absolute atomic E-state index is 11.9. The smallest absolute Gasteiger partial charge is 0.289 e. The molecule has 1 amide bonds. The number of aliphatic hydroxyl groups is 1. The van der Waals surface area contributed by atoms with Crippen molar-refractivity contribution in [2.24, 2.45) is 0 Å². The van der Waals surface area contributed by atoms with Crippen LogP contribution in [0.3, 0.4) is 0 Å². The molecular formula is C13H20N2O3. The standard InChI is InChI=1S/C13H20N2O3/c1-9-11(18-10(2)15-9)12(16)14-8-13(17)6-4-3-5-7-13/h17H,3-8H2,1-2H3,(H,14,16). The number of aromatic nitrogens is 1. The van der Waals surface area contributed by atoms with Gasteiger partial charge in [0.25, 0.3) is 5.91 Å².